The molecular weight excluding hydrogens is 256 g/mol. The van der Waals surface area contributed by atoms with E-state index < -0.39 is 0 Å². The normalized spacial score (nSPS) is 16.8. The van der Waals surface area contributed by atoms with E-state index in [0.717, 1.165) is 29.0 Å². The van der Waals surface area contributed by atoms with Gasteiger partial charge in [-0.15, -0.1) is 0 Å². The number of benzene rings is 1. The molecule has 1 aromatic heterocycles. The molecule has 0 spiro atoms. The van der Waals surface area contributed by atoms with Crippen LogP contribution in [0.4, 0.5) is 5.82 Å². The number of anilines is 1. The summed E-state index contributed by atoms with van der Waals surface area (Å²) in [5, 5.41) is 0. The molecule has 4 N–H and O–H groups in total. The summed E-state index contributed by atoms with van der Waals surface area (Å²) < 4.78 is 12.8. The summed E-state index contributed by atoms with van der Waals surface area (Å²) in [5.41, 5.74) is 8.52. The minimum atomic E-state index is 0.180. The fourth-order valence-electron chi connectivity index (χ4n) is 2.48. The van der Waals surface area contributed by atoms with E-state index in [0.29, 0.717) is 18.1 Å². The third kappa shape index (κ3) is 1.93. The zero-order valence-electron chi connectivity index (χ0n) is 11.6. The molecule has 0 radical (unpaired) electrons. The van der Waals surface area contributed by atoms with Crippen LogP contribution in [-0.2, 0) is 6.42 Å². The lowest BCUT2D eigenvalue weighted by atomic mass is 10.0. The quantitative estimate of drug-likeness (QED) is 0.829. The molecule has 0 saturated carbocycles. The maximum absolute atomic E-state index is 5.95. The maximum atomic E-state index is 5.95. The van der Waals surface area contributed by atoms with Crippen LogP contribution in [0.5, 0.6) is 11.5 Å². The molecule has 1 aliphatic heterocycles. The van der Waals surface area contributed by atoms with Crippen molar-refractivity contribution < 1.29 is 9.47 Å². The molecule has 6 nitrogen and oxygen atoms in total. The van der Waals surface area contributed by atoms with Gasteiger partial charge in [0.2, 0.25) is 0 Å². The molecule has 1 aliphatic rings. The molecule has 0 aliphatic carbocycles. The van der Waals surface area contributed by atoms with E-state index in [4.69, 9.17) is 21.1 Å². The van der Waals surface area contributed by atoms with Crippen LogP contribution in [-0.4, -0.2) is 22.4 Å². The van der Waals surface area contributed by atoms with E-state index in [1.807, 2.05) is 26.0 Å². The monoisotopic (exact) mass is 274 g/mol. The molecule has 1 atom stereocenters. The molecule has 2 heterocycles. The molecule has 1 unspecified atom stereocenters. The Balaban J connectivity index is 2.14. The van der Waals surface area contributed by atoms with Crippen molar-refractivity contribution in [3.63, 3.8) is 0 Å². The predicted octanol–water partition coefficient (Wildman–Crippen LogP) is 1.57. The van der Waals surface area contributed by atoms with Crippen molar-refractivity contribution in [2.75, 3.05) is 18.2 Å². The molecule has 0 fully saturated rings. The van der Waals surface area contributed by atoms with Gasteiger partial charge in [-0.3, -0.25) is 0 Å². The first-order chi connectivity index (χ1) is 9.60. The van der Waals surface area contributed by atoms with Gasteiger partial charge in [-0.2, -0.15) is 0 Å². The molecule has 6 heteroatoms. The lowest BCUT2D eigenvalue weighted by Crippen LogP contribution is -2.10. The van der Waals surface area contributed by atoms with Crippen LogP contribution in [0.1, 0.15) is 19.4 Å². The van der Waals surface area contributed by atoms with Crippen LogP contribution >= 0.6 is 0 Å². The standard InChI is InChI=1S/C14H18N4O2/c1-3-19-12-5-9-4-8(2)20-11(9)6-10(12)13-14(15)18(16)7-17-13/h5-8H,3-4,15-16H2,1-2H3. The summed E-state index contributed by atoms with van der Waals surface area (Å²) in [7, 11) is 0. The maximum Gasteiger partial charge on any atom is 0.150 e. The molecule has 0 saturated heterocycles. The number of nitrogen functional groups attached to an aromatic ring is 2. The Labute approximate surface area is 117 Å². The van der Waals surface area contributed by atoms with Gasteiger partial charge in [0.25, 0.3) is 0 Å². The first-order valence-electron chi connectivity index (χ1n) is 6.64. The zero-order valence-corrected chi connectivity index (χ0v) is 11.6. The molecule has 0 bridgehead atoms. The Morgan fingerprint density at radius 3 is 2.95 bits per heavy atom. The zero-order chi connectivity index (χ0) is 14.3. The Bertz CT molecular complexity index is 651. The lowest BCUT2D eigenvalue weighted by Gasteiger charge is -2.11. The Morgan fingerprint density at radius 2 is 2.30 bits per heavy atom. The largest absolute Gasteiger partial charge is 0.493 e. The molecular formula is C14H18N4O2. The van der Waals surface area contributed by atoms with E-state index in [9.17, 15) is 0 Å². The minimum absolute atomic E-state index is 0.180. The van der Waals surface area contributed by atoms with Crippen molar-refractivity contribution >= 4 is 5.82 Å². The smallest absolute Gasteiger partial charge is 0.150 e. The van der Waals surface area contributed by atoms with Crippen molar-refractivity contribution in [2.24, 2.45) is 0 Å². The number of aromatic nitrogens is 2. The average Bonchev–Trinajstić information content (AvgIpc) is 2.92. The van der Waals surface area contributed by atoms with Gasteiger partial charge < -0.3 is 21.1 Å². The topological polar surface area (TPSA) is 88.3 Å². The number of fused-ring (bicyclic) bond motifs is 1. The van der Waals surface area contributed by atoms with Crippen LogP contribution in [0.25, 0.3) is 11.3 Å². The van der Waals surface area contributed by atoms with Crippen LogP contribution < -0.4 is 21.1 Å². The highest BCUT2D eigenvalue weighted by molar-refractivity contribution is 5.78. The van der Waals surface area contributed by atoms with Crippen LogP contribution in [0.15, 0.2) is 18.5 Å². The van der Waals surface area contributed by atoms with Crippen molar-refractivity contribution in [1.29, 1.82) is 0 Å². The van der Waals surface area contributed by atoms with Crippen molar-refractivity contribution in [3.05, 3.63) is 24.0 Å². The number of hydrogen-bond acceptors (Lipinski definition) is 5. The van der Waals surface area contributed by atoms with Gasteiger partial charge in [0.1, 0.15) is 29.6 Å². The number of ether oxygens (including phenoxy) is 2. The summed E-state index contributed by atoms with van der Waals surface area (Å²) in [6.45, 7) is 4.56. The Hall–Kier alpha value is -2.37. The highest BCUT2D eigenvalue weighted by Crippen LogP contribution is 2.40. The van der Waals surface area contributed by atoms with Gasteiger partial charge >= 0.3 is 0 Å². The van der Waals surface area contributed by atoms with Gasteiger partial charge in [0.15, 0.2) is 5.82 Å². The van der Waals surface area contributed by atoms with Crippen molar-refractivity contribution in [3.8, 4) is 22.8 Å². The fourth-order valence-corrected chi connectivity index (χ4v) is 2.48. The highest BCUT2D eigenvalue weighted by atomic mass is 16.5. The third-order valence-corrected chi connectivity index (χ3v) is 3.39. The summed E-state index contributed by atoms with van der Waals surface area (Å²) in [4.78, 5) is 4.25. The summed E-state index contributed by atoms with van der Waals surface area (Å²) in [6, 6.07) is 3.94. The van der Waals surface area contributed by atoms with Gasteiger partial charge in [-0.05, 0) is 26.0 Å². The summed E-state index contributed by atoms with van der Waals surface area (Å²) >= 11 is 0. The van der Waals surface area contributed by atoms with E-state index in [1.54, 1.807) is 0 Å². The number of nitrogens with zero attached hydrogens (tertiary/aromatic N) is 2. The SMILES string of the molecule is CCOc1cc2c(cc1-c1ncn(N)c1N)OC(C)C2. The number of nitrogens with two attached hydrogens (primary N) is 2. The molecule has 20 heavy (non-hydrogen) atoms. The molecule has 106 valence electrons. The van der Waals surface area contributed by atoms with E-state index in [2.05, 4.69) is 4.98 Å². The van der Waals surface area contributed by atoms with E-state index in [-0.39, 0.29) is 6.10 Å². The second kappa shape index (κ2) is 4.63. The van der Waals surface area contributed by atoms with Gasteiger partial charge in [-0.1, -0.05) is 0 Å². The van der Waals surface area contributed by atoms with Crippen LogP contribution in [0.3, 0.4) is 0 Å². The van der Waals surface area contributed by atoms with Crippen molar-refractivity contribution in [2.45, 2.75) is 26.4 Å². The second-order valence-corrected chi connectivity index (χ2v) is 4.91. The van der Waals surface area contributed by atoms with Crippen molar-refractivity contribution in [1.82, 2.24) is 9.66 Å². The molecule has 3 rings (SSSR count). The molecule has 1 aromatic carbocycles. The number of hydrogen-bond donors (Lipinski definition) is 2. The minimum Gasteiger partial charge on any atom is -0.493 e. The average molecular weight is 274 g/mol. The van der Waals surface area contributed by atoms with Gasteiger partial charge in [0.05, 0.1) is 6.61 Å². The lowest BCUT2D eigenvalue weighted by molar-refractivity contribution is 0.254. The summed E-state index contributed by atoms with van der Waals surface area (Å²) in [5.74, 6) is 7.72. The van der Waals surface area contributed by atoms with Crippen LogP contribution in [0, 0.1) is 0 Å². The second-order valence-electron chi connectivity index (χ2n) is 4.91. The van der Waals surface area contributed by atoms with E-state index in [1.165, 1.54) is 11.0 Å². The fraction of sp³-hybridized carbons (Fsp3) is 0.357. The Morgan fingerprint density at radius 1 is 1.50 bits per heavy atom. The molecule has 0 amide bonds. The predicted molar refractivity (Wildman–Crippen MR) is 77.2 cm³/mol. The Kier molecular flexibility index (Phi) is 2.93. The van der Waals surface area contributed by atoms with Gasteiger partial charge in [-0.25, -0.2) is 9.66 Å². The first-order valence-corrected chi connectivity index (χ1v) is 6.64. The van der Waals surface area contributed by atoms with E-state index >= 15 is 0 Å². The number of imidazole rings is 1. The highest BCUT2D eigenvalue weighted by Gasteiger charge is 2.24. The first kappa shape index (κ1) is 12.7. The molecule has 2 aromatic rings. The summed E-state index contributed by atoms with van der Waals surface area (Å²) in [6.07, 6.45) is 2.55. The number of rotatable bonds is 3. The third-order valence-electron chi connectivity index (χ3n) is 3.39. The van der Waals surface area contributed by atoms with Gasteiger partial charge in [0, 0.05) is 17.5 Å². The van der Waals surface area contributed by atoms with Crippen LogP contribution in [0.2, 0.25) is 0 Å².